The quantitative estimate of drug-likeness (QED) is 0.459. The summed E-state index contributed by atoms with van der Waals surface area (Å²) >= 11 is 7.60. The van der Waals surface area contributed by atoms with Gasteiger partial charge in [0.25, 0.3) is 0 Å². The monoisotopic (exact) mass is 475 g/mol. The Hall–Kier alpha value is -1.27. The van der Waals surface area contributed by atoms with E-state index in [-0.39, 0.29) is 12.4 Å². The summed E-state index contributed by atoms with van der Waals surface area (Å²) in [5.41, 5.74) is 3.72. The van der Waals surface area contributed by atoms with Crippen molar-refractivity contribution in [2.45, 2.75) is 55.9 Å². The molecular formula is C25H34ClN3S2. The number of anilines is 2. The van der Waals surface area contributed by atoms with Crippen LogP contribution in [-0.4, -0.2) is 42.1 Å². The molecule has 6 heteroatoms. The van der Waals surface area contributed by atoms with Gasteiger partial charge in [0.1, 0.15) is 4.99 Å². The third-order valence-electron chi connectivity index (χ3n) is 5.99. The minimum atomic E-state index is 0. The molecule has 2 aromatic carbocycles. The van der Waals surface area contributed by atoms with Crippen molar-refractivity contribution in [3.63, 3.8) is 0 Å². The number of likely N-dealkylation sites (tertiary alicyclic amines) is 1. The first-order valence-electron chi connectivity index (χ1n) is 11.2. The van der Waals surface area contributed by atoms with Crippen molar-refractivity contribution in [1.29, 1.82) is 0 Å². The molecule has 168 valence electrons. The van der Waals surface area contributed by atoms with Gasteiger partial charge in [-0.05, 0) is 69.5 Å². The highest BCUT2D eigenvalue weighted by molar-refractivity contribution is 7.99. The van der Waals surface area contributed by atoms with Gasteiger partial charge in [0.05, 0.1) is 11.4 Å². The van der Waals surface area contributed by atoms with Gasteiger partial charge in [-0.3, -0.25) is 0 Å². The highest BCUT2D eigenvalue weighted by Gasteiger charge is 2.29. The molecule has 0 amide bonds. The first kappa shape index (κ1) is 24.4. The molecule has 0 aliphatic carbocycles. The molecule has 2 aliphatic heterocycles. The normalized spacial score (nSPS) is 16.5. The summed E-state index contributed by atoms with van der Waals surface area (Å²) in [7, 11) is 0. The fraction of sp³-hybridized carbons (Fsp3) is 0.480. The zero-order valence-electron chi connectivity index (χ0n) is 18.8. The van der Waals surface area contributed by atoms with Gasteiger partial charge in [-0.2, -0.15) is 0 Å². The smallest absolute Gasteiger partial charge is 0.106 e. The Kier molecular flexibility index (Phi) is 8.68. The molecule has 0 saturated carbocycles. The van der Waals surface area contributed by atoms with E-state index < -0.39 is 0 Å². The van der Waals surface area contributed by atoms with Crippen molar-refractivity contribution in [3.8, 4) is 0 Å². The van der Waals surface area contributed by atoms with Crippen LogP contribution in [0, 0.1) is 5.92 Å². The van der Waals surface area contributed by atoms with Crippen molar-refractivity contribution >= 4 is 52.8 Å². The highest BCUT2D eigenvalue weighted by Crippen LogP contribution is 2.49. The van der Waals surface area contributed by atoms with E-state index in [1.807, 2.05) is 11.8 Å². The number of para-hydroxylation sites is 1. The first-order valence-corrected chi connectivity index (χ1v) is 12.5. The minimum Gasteiger partial charge on any atom is -0.376 e. The average molecular weight is 476 g/mol. The molecule has 0 spiro atoms. The maximum Gasteiger partial charge on any atom is 0.106 e. The van der Waals surface area contributed by atoms with E-state index in [9.17, 15) is 0 Å². The zero-order valence-corrected chi connectivity index (χ0v) is 21.2. The first-order chi connectivity index (χ1) is 14.5. The average Bonchev–Trinajstić information content (AvgIpc) is 3.24. The van der Waals surface area contributed by atoms with Crippen LogP contribution < -0.4 is 10.2 Å². The predicted molar refractivity (Wildman–Crippen MR) is 141 cm³/mol. The summed E-state index contributed by atoms with van der Waals surface area (Å²) in [6, 6.07) is 15.9. The third-order valence-corrected chi connectivity index (χ3v) is 7.50. The van der Waals surface area contributed by atoms with E-state index in [1.165, 1.54) is 47.1 Å². The van der Waals surface area contributed by atoms with Crippen LogP contribution in [0.4, 0.5) is 11.4 Å². The molecule has 2 aliphatic rings. The molecular weight excluding hydrogens is 442 g/mol. The Bertz CT molecular complexity index is 896. The summed E-state index contributed by atoms with van der Waals surface area (Å²) in [5, 5.41) is 3.46. The lowest BCUT2D eigenvalue weighted by atomic mass is 10.1. The van der Waals surface area contributed by atoms with Crippen LogP contribution in [0.15, 0.2) is 52.3 Å². The summed E-state index contributed by atoms with van der Waals surface area (Å²) in [6.45, 7) is 11.3. The van der Waals surface area contributed by atoms with Crippen LogP contribution in [0.25, 0.3) is 0 Å². The van der Waals surface area contributed by atoms with Crippen LogP contribution >= 0.6 is 36.4 Å². The van der Waals surface area contributed by atoms with Gasteiger partial charge in [0.2, 0.25) is 0 Å². The lowest BCUT2D eigenvalue weighted by molar-refractivity contribution is 0.319. The molecule has 1 fully saturated rings. The molecule has 3 nitrogen and oxygen atoms in total. The number of halogens is 1. The largest absolute Gasteiger partial charge is 0.376 e. The molecule has 2 aromatic rings. The Morgan fingerprint density at radius 3 is 2.48 bits per heavy atom. The van der Waals surface area contributed by atoms with Crippen molar-refractivity contribution in [2.75, 3.05) is 31.1 Å². The molecule has 0 aromatic heterocycles. The van der Waals surface area contributed by atoms with Gasteiger partial charge in [0.15, 0.2) is 0 Å². The van der Waals surface area contributed by atoms with Crippen molar-refractivity contribution in [3.05, 3.63) is 48.0 Å². The number of nitrogens with zero attached hydrogens (tertiary/aromatic N) is 2. The molecule has 0 bridgehead atoms. The van der Waals surface area contributed by atoms with Gasteiger partial charge in [-0.15, -0.1) is 12.4 Å². The maximum atomic E-state index is 5.73. The number of rotatable bonds is 7. The van der Waals surface area contributed by atoms with Crippen LogP contribution in [-0.2, 0) is 0 Å². The van der Waals surface area contributed by atoms with E-state index >= 15 is 0 Å². The van der Waals surface area contributed by atoms with Gasteiger partial charge in [0, 0.05) is 34.5 Å². The molecule has 0 radical (unpaired) electrons. The van der Waals surface area contributed by atoms with Crippen LogP contribution in [0.5, 0.6) is 0 Å². The number of hydrogen-bond donors (Lipinski definition) is 1. The second-order valence-corrected chi connectivity index (χ2v) is 10.4. The van der Waals surface area contributed by atoms with Gasteiger partial charge in [-0.25, -0.2) is 0 Å². The number of hydrogen-bond acceptors (Lipinski definition) is 4. The Labute approximate surface area is 203 Å². The number of benzene rings is 2. The number of thiocarbonyl (C=S) groups is 1. The van der Waals surface area contributed by atoms with Crippen molar-refractivity contribution in [2.24, 2.45) is 5.92 Å². The van der Waals surface area contributed by atoms with Gasteiger partial charge < -0.3 is 15.1 Å². The molecule has 1 saturated heterocycles. The maximum absolute atomic E-state index is 5.73. The lowest BCUT2D eigenvalue weighted by Crippen LogP contribution is -2.40. The topological polar surface area (TPSA) is 18.5 Å². The highest BCUT2D eigenvalue weighted by atomic mass is 35.5. The second-order valence-electron chi connectivity index (χ2n) is 8.92. The third kappa shape index (κ3) is 5.75. The van der Waals surface area contributed by atoms with E-state index in [0.717, 1.165) is 30.1 Å². The van der Waals surface area contributed by atoms with E-state index in [2.05, 4.69) is 78.4 Å². The molecule has 0 unspecified atom stereocenters. The number of nitrogens with one attached hydrogen (secondary N) is 1. The number of fused-ring (bicyclic) bond motifs is 2. The molecule has 4 rings (SSSR count). The minimum absolute atomic E-state index is 0. The van der Waals surface area contributed by atoms with Gasteiger partial charge in [-0.1, -0.05) is 56.0 Å². The summed E-state index contributed by atoms with van der Waals surface area (Å²) in [4.78, 5) is 8.66. The molecule has 1 N–H and O–H groups in total. The Morgan fingerprint density at radius 1 is 1.03 bits per heavy atom. The fourth-order valence-corrected chi connectivity index (χ4v) is 5.68. The van der Waals surface area contributed by atoms with Crippen LogP contribution in [0.2, 0.25) is 0 Å². The zero-order chi connectivity index (χ0) is 21.1. The van der Waals surface area contributed by atoms with E-state index in [4.69, 9.17) is 12.2 Å². The predicted octanol–water partition coefficient (Wildman–Crippen LogP) is 6.51. The summed E-state index contributed by atoms with van der Waals surface area (Å²) in [5.74, 6) is 0.679. The van der Waals surface area contributed by atoms with Crippen molar-refractivity contribution < 1.29 is 0 Å². The van der Waals surface area contributed by atoms with Gasteiger partial charge >= 0.3 is 0 Å². The second kappa shape index (κ2) is 11.0. The molecule has 31 heavy (non-hydrogen) atoms. The Balaban J connectivity index is 0.00000272. The standard InChI is InChI=1S/C25H33N3S2.ClH/c1-18(2)12-13-26-25(29)20-10-11-24-22(16-20)28(19(3)17-27-14-6-7-15-27)21-8-4-5-9-23(21)30-24;/h4-5,8-11,16,18-19H,6-7,12-15,17H2,1-3H3,(H,26,29);1H/t19-;/m1./s1. The fourth-order valence-electron chi connectivity index (χ4n) is 4.40. The molecule has 2 heterocycles. The van der Waals surface area contributed by atoms with E-state index in [0.29, 0.717) is 12.0 Å². The van der Waals surface area contributed by atoms with Crippen LogP contribution in [0.3, 0.4) is 0 Å². The summed E-state index contributed by atoms with van der Waals surface area (Å²) < 4.78 is 0. The summed E-state index contributed by atoms with van der Waals surface area (Å²) in [6.07, 6.45) is 3.79. The van der Waals surface area contributed by atoms with Crippen LogP contribution in [0.1, 0.15) is 45.6 Å². The Morgan fingerprint density at radius 2 is 1.74 bits per heavy atom. The van der Waals surface area contributed by atoms with Crippen molar-refractivity contribution in [1.82, 2.24) is 10.2 Å². The van der Waals surface area contributed by atoms with E-state index in [1.54, 1.807) is 0 Å². The SMILES string of the molecule is CC(C)CCNC(=S)c1ccc2c(c1)N([C@H](C)CN1CCCC1)c1ccccc1S2.Cl. The lowest BCUT2D eigenvalue weighted by Gasteiger charge is -2.39. The molecule has 1 atom stereocenters.